The van der Waals surface area contributed by atoms with Crippen molar-refractivity contribution in [2.75, 3.05) is 33.0 Å². The number of hydrogen-bond donors (Lipinski definition) is 1. The minimum atomic E-state index is -0.625. The molecule has 6 heteroatoms. The minimum absolute atomic E-state index is 0.171. The number of piperidine rings is 1. The molecule has 3 aliphatic rings. The smallest absolute Gasteiger partial charge is 0.122 e. The molecule has 4 rings (SSSR count). The standard InChI is InChI=1S/C17H27N3O3/c1-2-19-6-5-18-16(19)10-20-9-13-11-23-8-4-17(13,21)14-12-22-7-3-15(14)20/h5-6,13-15,21H,2-4,7-12H2,1H3/t13-,14+,15-,17-/m0/s1. The quantitative estimate of drug-likeness (QED) is 0.896. The zero-order valence-electron chi connectivity index (χ0n) is 13.9. The second-order valence-electron chi connectivity index (χ2n) is 7.11. The Labute approximate surface area is 137 Å². The van der Waals surface area contributed by atoms with E-state index >= 15 is 0 Å². The molecule has 3 aliphatic heterocycles. The van der Waals surface area contributed by atoms with Gasteiger partial charge in [0.25, 0.3) is 0 Å². The molecule has 0 radical (unpaired) electrons. The van der Waals surface area contributed by atoms with Crippen LogP contribution in [0.3, 0.4) is 0 Å². The molecule has 1 N–H and O–H groups in total. The molecule has 0 aliphatic carbocycles. The fourth-order valence-electron chi connectivity index (χ4n) is 4.71. The van der Waals surface area contributed by atoms with Gasteiger partial charge in [0.1, 0.15) is 5.82 Å². The highest BCUT2D eigenvalue weighted by atomic mass is 16.5. The molecular weight excluding hydrogens is 294 g/mol. The van der Waals surface area contributed by atoms with Crippen molar-refractivity contribution in [2.45, 2.75) is 44.5 Å². The van der Waals surface area contributed by atoms with Gasteiger partial charge in [-0.05, 0) is 13.3 Å². The minimum Gasteiger partial charge on any atom is -0.389 e. The molecule has 1 aromatic rings. The third kappa shape index (κ3) is 2.61. The number of fused-ring (bicyclic) bond motifs is 3. The summed E-state index contributed by atoms with van der Waals surface area (Å²) in [6.45, 7) is 7.58. The van der Waals surface area contributed by atoms with Gasteiger partial charge in [0, 0.05) is 63.0 Å². The average molecular weight is 321 g/mol. The monoisotopic (exact) mass is 321 g/mol. The van der Waals surface area contributed by atoms with Crippen LogP contribution in [-0.2, 0) is 22.6 Å². The van der Waals surface area contributed by atoms with Crippen LogP contribution in [0.15, 0.2) is 12.4 Å². The van der Waals surface area contributed by atoms with Crippen LogP contribution >= 0.6 is 0 Å². The first-order chi connectivity index (χ1) is 11.2. The van der Waals surface area contributed by atoms with Crippen molar-refractivity contribution in [2.24, 2.45) is 11.8 Å². The van der Waals surface area contributed by atoms with Crippen molar-refractivity contribution < 1.29 is 14.6 Å². The van der Waals surface area contributed by atoms with E-state index in [2.05, 4.69) is 21.4 Å². The van der Waals surface area contributed by atoms with E-state index in [9.17, 15) is 5.11 Å². The van der Waals surface area contributed by atoms with Gasteiger partial charge in [-0.1, -0.05) is 0 Å². The fraction of sp³-hybridized carbons (Fsp3) is 0.824. The van der Waals surface area contributed by atoms with Gasteiger partial charge in [-0.3, -0.25) is 4.90 Å². The number of aryl methyl sites for hydroxylation is 1. The zero-order valence-corrected chi connectivity index (χ0v) is 13.9. The maximum atomic E-state index is 11.3. The number of ether oxygens (including phenoxy) is 2. The summed E-state index contributed by atoms with van der Waals surface area (Å²) in [5.41, 5.74) is -0.625. The Kier molecular flexibility index (Phi) is 4.17. The van der Waals surface area contributed by atoms with E-state index in [1.807, 2.05) is 12.4 Å². The number of aliphatic hydroxyl groups is 1. The second-order valence-corrected chi connectivity index (χ2v) is 7.11. The summed E-state index contributed by atoms with van der Waals surface area (Å²) in [5, 5.41) is 11.3. The first-order valence-corrected chi connectivity index (χ1v) is 8.84. The predicted molar refractivity (Wildman–Crippen MR) is 84.9 cm³/mol. The van der Waals surface area contributed by atoms with Crippen LogP contribution in [0.2, 0.25) is 0 Å². The summed E-state index contributed by atoms with van der Waals surface area (Å²) in [7, 11) is 0. The van der Waals surface area contributed by atoms with Gasteiger partial charge in [-0.2, -0.15) is 0 Å². The number of nitrogens with zero attached hydrogens (tertiary/aromatic N) is 3. The van der Waals surface area contributed by atoms with Crippen LogP contribution in [0.4, 0.5) is 0 Å². The summed E-state index contributed by atoms with van der Waals surface area (Å²) in [6, 6.07) is 0.380. The van der Waals surface area contributed by atoms with Gasteiger partial charge in [-0.15, -0.1) is 0 Å². The van der Waals surface area contributed by atoms with Crippen LogP contribution in [0.1, 0.15) is 25.6 Å². The SMILES string of the molecule is CCn1ccnc1CN1C[C@H]2COCC[C@@]2(O)[C@@H]2COCC[C@@H]21. The summed E-state index contributed by atoms with van der Waals surface area (Å²) in [6.07, 6.45) is 5.65. The molecule has 4 heterocycles. The topological polar surface area (TPSA) is 59.8 Å². The van der Waals surface area contributed by atoms with E-state index in [4.69, 9.17) is 9.47 Å². The van der Waals surface area contributed by atoms with Gasteiger partial charge >= 0.3 is 0 Å². The first kappa shape index (κ1) is 15.6. The molecule has 0 unspecified atom stereocenters. The Morgan fingerprint density at radius 2 is 2.22 bits per heavy atom. The Hall–Kier alpha value is -0.950. The van der Waals surface area contributed by atoms with Gasteiger partial charge in [-0.25, -0.2) is 4.98 Å². The molecule has 6 nitrogen and oxygen atoms in total. The van der Waals surface area contributed by atoms with E-state index in [-0.39, 0.29) is 11.8 Å². The lowest BCUT2D eigenvalue weighted by molar-refractivity contribution is -0.221. The van der Waals surface area contributed by atoms with Crippen molar-refractivity contribution in [1.82, 2.24) is 14.5 Å². The van der Waals surface area contributed by atoms with E-state index in [0.717, 1.165) is 44.9 Å². The van der Waals surface area contributed by atoms with Crippen molar-refractivity contribution >= 4 is 0 Å². The van der Waals surface area contributed by atoms with Crippen LogP contribution in [-0.4, -0.2) is 64.2 Å². The highest BCUT2D eigenvalue weighted by Crippen LogP contribution is 2.44. The van der Waals surface area contributed by atoms with Crippen molar-refractivity contribution in [1.29, 1.82) is 0 Å². The normalized spacial score (nSPS) is 38.1. The van der Waals surface area contributed by atoms with E-state index in [0.29, 0.717) is 25.9 Å². The third-order valence-electron chi connectivity index (χ3n) is 6.05. The van der Waals surface area contributed by atoms with Crippen LogP contribution in [0, 0.1) is 11.8 Å². The van der Waals surface area contributed by atoms with Gasteiger partial charge < -0.3 is 19.1 Å². The molecule has 3 saturated heterocycles. The second kappa shape index (κ2) is 6.16. The third-order valence-corrected chi connectivity index (χ3v) is 6.05. The molecule has 0 saturated carbocycles. The summed E-state index contributed by atoms with van der Waals surface area (Å²) in [5.74, 6) is 1.47. The Balaban J connectivity index is 1.59. The van der Waals surface area contributed by atoms with E-state index in [1.54, 1.807) is 0 Å². The zero-order chi connectivity index (χ0) is 15.9. The van der Waals surface area contributed by atoms with Crippen molar-refractivity contribution in [3.8, 4) is 0 Å². The molecule has 0 spiro atoms. The molecule has 128 valence electrons. The Morgan fingerprint density at radius 1 is 1.35 bits per heavy atom. The number of hydrogen-bond acceptors (Lipinski definition) is 5. The Bertz CT molecular complexity index is 549. The molecular formula is C17H27N3O3. The van der Waals surface area contributed by atoms with Crippen molar-refractivity contribution in [3.05, 3.63) is 18.2 Å². The van der Waals surface area contributed by atoms with Crippen LogP contribution in [0.25, 0.3) is 0 Å². The van der Waals surface area contributed by atoms with Gasteiger partial charge in [0.2, 0.25) is 0 Å². The summed E-state index contributed by atoms with van der Waals surface area (Å²) in [4.78, 5) is 7.05. The lowest BCUT2D eigenvalue weighted by Crippen LogP contribution is -2.67. The largest absolute Gasteiger partial charge is 0.389 e. The fourth-order valence-corrected chi connectivity index (χ4v) is 4.71. The molecule has 4 atom stereocenters. The number of rotatable bonds is 3. The highest BCUT2D eigenvalue weighted by Gasteiger charge is 2.55. The van der Waals surface area contributed by atoms with E-state index in [1.165, 1.54) is 0 Å². The lowest BCUT2D eigenvalue weighted by atomic mass is 9.66. The van der Waals surface area contributed by atoms with Gasteiger partial charge in [0.05, 0.1) is 25.4 Å². The maximum absolute atomic E-state index is 11.3. The summed E-state index contributed by atoms with van der Waals surface area (Å²) >= 11 is 0. The molecule has 3 fully saturated rings. The van der Waals surface area contributed by atoms with Crippen LogP contribution in [0.5, 0.6) is 0 Å². The predicted octanol–water partition coefficient (Wildman–Crippen LogP) is 0.891. The molecule has 0 amide bonds. The Morgan fingerprint density at radius 3 is 3.09 bits per heavy atom. The maximum Gasteiger partial charge on any atom is 0.122 e. The lowest BCUT2D eigenvalue weighted by Gasteiger charge is -2.57. The van der Waals surface area contributed by atoms with Gasteiger partial charge in [0.15, 0.2) is 0 Å². The molecule has 1 aromatic heterocycles. The number of likely N-dealkylation sites (tertiary alicyclic amines) is 1. The van der Waals surface area contributed by atoms with Crippen molar-refractivity contribution in [3.63, 3.8) is 0 Å². The molecule has 23 heavy (non-hydrogen) atoms. The first-order valence-electron chi connectivity index (χ1n) is 8.84. The average Bonchev–Trinajstić information content (AvgIpc) is 3.03. The molecule has 0 bridgehead atoms. The number of aromatic nitrogens is 2. The summed E-state index contributed by atoms with van der Waals surface area (Å²) < 4.78 is 13.6. The molecule has 0 aromatic carbocycles. The van der Waals surface area contributed by atoms with Crippen LogP contribution < -0.4 is 0 Å². The van der Waals surface area contributed by atoms with E-state index < -0.39 is 5.60 Å². The number of imidazole rings is 1. The highest BCUT2D eigenvalue weighted by molar-refractivity contribution is 5.07.